The number of para-hydroxylation sites is 5. The van der Waals surface area contributed by atoms with Gasteiger partial charge in [0.1, 0.15) is 6.07 Å². The molecule has 55 heavy (non-hydrogen) atoms. The molecule has 5 nitrogen and oxygen atoms in total. The third kappa shape index (κ3) is 4.39. The summed E-state index contributed by atoms with van der Waals surface area (Å²) in [4.78, 5) is 0. The van der Waals surface area contributed by atoms with E-state index >= 15 is 0 Å². The van der Waals surface area contributed by atoms with Crippen LogP contribution in [0.2, 0.25) is 0 Å². The number of hydrogen-bond donors (Lipinski definition) is 0. The van der Waals surface area contributed by atoms with Crippen LogP contribution in [-0.4, -0.2) is 13.7 Å². The first kappa shape index (κ1) is 30.7. The van der Waals surface area contributed by atoms with Gasteiger partial charge in [-0.15, -0.1) is 0 Å². The van der Waals surface area contributed by atoms with Crippen LogP contribution < -0.4 is 0 Å². The highest BCUT2D eigenvalue weighted by Crippen LogP contribution is 2.42. The van der Waals surface area contributed by atoms with E-state index in [9.17, 15) is 10.5 Å². The van der Waals surface area contributed by atoms with Crippen LogP contribution in [0.5, 0.6) is 0 Å². The molecule has 3 heterocycles. The second kappa shape index (κ2) is 11.8. The molecule has 5 heteroatoms. The minimum atomic E-state index is 0.615. The number of nitrogens with zero attached hydrogens (tertiary/aromatic N) is 5. The minimum absolute atomic E-state index is 0.615. The SMILES string of the molecule is N#Cc1ccc2c(c1)c1ccccc1n2-c1cccc2c1c1ccccc1n2-c1cccc(-c2cccc(C#N)c2-n2c3ccccc3c3ccccc32)c1. The van der Waals surface area contributed by atoms with Crippen LogP contribution in [0.1, 0.15) is 11.1 Å². The van der Waals surface area contributed by atoms with Gasteiger partial charge >= 0.3 is 0 Å². The van der Waals surface area contributed by atoms with Crippen molar-refractivity contribution >= 4 is 65.4 Å². The van der Waals surface area contributed by atoms with Crippen LogP contribution in [0.15, 0.2) is 176 Å². The summed E-state index contributed by atoms with van der Waals surface area (Å²) >= 11 is 0. The fourth-order valence-electron chi connectivity index (χ4n) is 8.85. The van der Waals surface area contributed by atoms with Gasteiger partial charge in [-0.3, -0.25) is 0 Å². The maximum Gasteiger partial charge on any atom is 0.101 e. The average Bonchev–Trinajstić information content (AvgIpc) is 3.89. The van der Waals surface area contributed by atoms with Crippen molar-refractivity contribution < 1.29 is 0 Å². The van der Waals surface area contributed by atoms with Gasteiger partial charge in [-0.1, -0.05) is 103 Å². The van der Waals surface area contributed by atoms with E-state index < -0.39 is 0 Å². The fourth-order valence-corrected chi connectivity index (χ4v) is 8.85. The Hall–Kier alpha value is -7.86. The molecule has 11 aromatic rings. The largest absolute Gasteiger partial charge is 0.309 e. The number of rotatable bonds is 4. The molecule has 0 unspecified atom stereocenters. The zero-order chi connectivity index (χ0) is 36.6. The zero-order valence-corrected chi connectivity index (χ0v) is 29.5. The molecule has 11 rings (SSSR count). The van der Waals surface area contributed by atoms with Crippen molar-refractivity contribution in [2.75, 3.05) is 0 Å². The molecule has 0 aliphatic carbocycles. The van der Waals surface area contributed by atoms with Crippen LogP contribution >= 0.6 is 0 Å². The van der Waals surface area contributed by atoms with Crippen molar-refractivity contribution in [3.8, 4) is 40.3 Å². The first-order valence-electron chi connectivity index (χ1n) is 18.3. The summed E-state index contributed by atoms with van der Waals surface area (Å²) in [5.74, 6) is 0. The zero-order valence-electron chi connectivity index (χ0n) is 29.5. The van der Waals surface area contributed by atoms with E-state index in [4.69, 9.17) is 0 Å². The van der Waals surface area contributed by atoms with Crippen LogP contribution in [-0.2, 0) is 0 Å². The van der Waals surface area contributed by atoms with Crippen molar-refractivity contribution in [1.29, 1.82) is 10.5 Å². The maximum absolute atomic E-state index is 10.6. The van der Waals surface area contributed by atoms with E-state index in [0.29, 0.717) is 11.1 Å². The van der Waals surface area contributed by atoms with Gasteiger partial charge < -0.3 is 13.7 Å². The monoisotopic (exact) mass is 699 g/mol. The van der Waals surface area contributed by atoms with Gasteiger partial charge in [0.05, 0.1) is 61.7 Å². The predicted molar refractivity (Wildman–Crippen MR) is 224 cm³/mol. The van der Waals surface area contributed by atoms with Gasteiger partial charge in [-0.2, -0.15) is 10.5 Å². The molecule has 8 aromatic carbocycles. The summed E-state index contributed by atoms with van der Waals surface area (Å²) in [5.41, 5.74) is 12.7. The first-order valence-corrected chi connectivity index (χ1v) is 18.3. The molecular formula is C50H29N5. The van der Waals surface area contributed by atoms with Crippen LogP contribution in [0.25, 0.3) is 93.6 Å². The lowest BCUT2D eigenvalue weighted by Crippen LogP contribution is -2.01. The van der Waals surface area contributed by atoms with Crippen molar-refractivity contribution in [1.82, 2.24) is 13.7 Å². The Morgan fingerprint density at radius 1 is 0.382 bits per heavy atom. The minimum Gasteiger partial charge on any atom is -0.309 e. The van der Waals surface area contributed by atoms with Crippen molar-refractivity contribution in [3.63, 3.8) is 0 Å². The summed E-state index contributed by atoms with van der Waals surface area (Å²) in [6, 6.07) is 65.9. The molecule has 3 aromatic heterocycles. The van der Waals surface area contributed by atoms with E-state index in [1.165, 1.54) is 0 Å². The molecule has 0 amide bonds. The molecule has 0 bridgehead atoms. The van der Waals surface area contributed by atoms with Gasteiger partial charge in [-0.05, 0) is 78.4 Å². The van der Waals surface area contributed by atoms with E-state index in [1.807, 2.05) is 24.3 Å². The second-order valence-electron chi connectivity index (χ2n) is 14.0. The standard InChI is InChI=1S/C50H29N5/c51-30-32-26-27-46-41(28-32)39-17-3-5-20-42(39)54(46)48-25-11-24-47-49(48)40-18-4-8-23-45(40)53(47)35-14-9-12-33(29-35)36-19-10-13-34(31-52)50(36)55-43-21-6-1-15-37(43)38-16-2-7-22-44(38)55/h1-29H. The van der Waals surface area contributed by atoms with Crippen molar-refractivity contribution in [2.24, 2.45) is 0 Å². The molecule has 0 atom stereocenters. The number of nitriles is 2. The normalized spacial score (nSPS) is 11.6. The smallest absolute Gasteiger partial charge is 0.101 e. The quantitative estimate of drug-likeness (QED) is 0.184. The number of fused-ring (bicyclic) bond motifs is 9. The van der Waals surface area contributed by atoms with Gasteiger partial charge in [0.25, 0.3) is 0 Å². The third-order valence-corrected chi connectivity index (χ3v) is 11.1. The second-order valence-corrected chi connectivity index (χ2v) is 14.0. The number of benzene rings is 8. The Balaban J connectivity index is 1.17. The van der Waals surface area contributed by atoms with E-state index in [2.05, 4.69) is 177 Å². The maximum atomic E-state index is 10.6. The van der Waals surface area contributed by atoms with Gasteiger partial charge in [0.15, 0.2) is 0 Å². The summed E-state index contributed by atoms with van der Waals surface area (Å²) in [7, 11) is 0. The Labute approximate surface area is 316 Å². The molecule has 0 saturated heterocycles. The summed E-state index contributed by atoms with van der Waals surface area (Å²) in [6.07, 6.45) is 0. The summed E-state index contributed by atoms with van der Waals surface area (Å²) in [6.45, 7) is 0. The first-order chi connectivity index (χ1) is 27.2. The molecule has 0 radical (unpaired) electrons. The van der Waals surface area contributed by atoms with Crippen LogP contribution in [0, 0.1) is 22.7 Å². The van der Waals surface area contributed by atoms with Gasteiger partial charge in [0, 0.05) is 43.6 Å². The molecule has 0 aliphatic rings. The Kier molecular flexibility index (Phi) is 6.61. The molecule has 0 fully saturated rings. The molecule has 0 saturated carbocycles. The van der Waals surface area contributed by atoms with E-state index in [-0.39, 0.29) is 0 Å². The fraction of sp³-hybridized carbons (Fsp3) is 0. The Morgan fingerprint density at radius 2 is 0.945 bits per heavy atom. The van der Waals surface area contributed by atoms with E-state index in [1.54, 1.807) is 0 Å². The highest BCUT2D eigenvalue weighted by Gasteiger charge is 2.22. The van der Waals surface area contributed by atoms with Crippen LogP contribution in [0.4, 0.5) is 0 Å². The molecule has 0 spiro atoms. The number of hydrogen-bond acceptors (Lipinski definition) is 2. The molecular weight excluding hydrogens is 671 g/mol. The molecule has 0 aliphatic heterocycles. The average molecular weight is 700 g/mol. The highest BCUT2D eigenvalue weighted by atomic mass is 15.0. The lowest BCUT2D eigenvalue weighted by atomic mass is 9.99. The van der Waals surface area contributed by atoms with Crippen molar-refractivity contribution in [3.05, 3.63) is 187 Å². The third-order valence-electron chi connectivity index (χ3n) is 11.1. The summed E-state index contributed by atoms with van der Waals surface area (Å²) < 4.78 is 6.95. The predicted octanol–water partition coefficient (Wildman–Crippen LogP) is 12.4. The Morgan fingerprint density at radius 3 is 1.64 bits per heavy atom. The lowest BCUT2D eigenvalue weighted by Gasteiger charge is -2.17. The van der Waals surface area contributed by atoms with Gasteiger partial charge in [-0.25, -0.2) is 0 Å². The van der Waals surface area contributed by atoms with E-state index in [0.717, 1.165) is 93.6 Å². The molecule has 254 valence electrons. The highest BCUT2D eigenvalue weighted by molar-refractivity contribution is 6.17. The lowest BCUT2D eigenvalue weighted by molar-refractivity contribution is 1.16. The summed E-state index contributed by atoms with van der Waals surface area (Å²) in [5, 5.41) is 27.1. The van der Waals surface area contributed by atoms with Gasteiger partial charge in [0.2, 0.25) is 0 Å². The van der Waals surface area contributed by atoms with Crippen LogP contribution in [0.3, 0.4) is 0 Å². The topological polar surface area (TPSA) is 62.4 Å². The Bertz CT molecular complexity index is 3420. The van der Waals surface area contributed by atoms with Crippen molar-refractivity contribution in [2.45, 2.75) is 0 Å². The molecule has 0 N–H and O–H groups in total. The number of aromatic nitrogens is 3.